The molecule has 0 spiro atoms. The molecular weight excluding hydrogens is 176 g/mol. The molecule has 74 valence electrons. The van der Waals surface area contributed by atoms with E-state index in [1.165, 1.54) is 5.56 Å². The van der Waals surface area contributed by atoms with Crippen LogP contribution >= 0.6 is 0 Å². The largest absolute Gasteiger partial charge is 0.341 e. The van der Waals surface area contributed by atoms with Gasteiger partial charge < -0.3 is 10.3 Å². The number of hydrogen-bond donors (Lipinski definition) is 2. The van der Waals surface area contributed by atoms with Gasteiger partial charge in [-0.05, 0) is 38.6 Å². The van der Waals surface area contributed by atoms with Crippen LogP contribution in [0.3, 0.4) is 0 Å². The minimum Gasteiger partial charge on any atom is -0.341 e. The van der Waals surface area contributed by atoms with Crippen molar-refractivity contribution < 1.29 is 0 Å². The summed E-state index contributed by atoms with van der Waals surface area (Å²) in [6.45, 7) is 2.92. The summed E-state index contributed by atoms with van der Waals surface area (Å²) in [6, 6.07) is 2.04. The third kappa shape index (κ3) is 1.61. The topological polar surface area (TPSA) is 53.6 Å². The number of nitrogens with zero attached hydrogens (tertiary/aromatic N) is 2. The molecule has 0 atom stereocenters. The van der Waals surface area contributed by atoms with Crippen LogP contribution in [0.4, 0.5) is 0 Å². The van der Waals surface area contributed by atoms with Gasteiger partial charge in [-0.3, -0.25) is 0 Å². The van der Waals surface area contributed by atoms with Crippen LogP contribution in [0.5, 0.6) is 0 Å². The van der Waals surface area contributed by atoms with Gasteiger partial charge in [-0.2, -0.15) is 0 Å². The minimum absolute atomic E-state index is 0.816. The smallest absolute Gasteiger partial charge is 0.177 e. The molecule has 2 heterocycles. The molecule has 0 unspecified atom stereocenters. The number of nitrogens with one attached hydrogen (secondary N) is 2. The van der Waals surface area contributed by atoms with E-state index >= 15 is 0 Å². The molecule has 0 aliphatic rings. The molecular formula is C10H14N4. The second-order valence-corrected chi connectivity index (χ2v) is 3.34. The summed E-state index contributed by atoms with van der Waals surface area (Å²) < 4.78 is 0. The Morgan fingerprint density at radius 1 is 1.50 bits per heavy atom. The van der Waals surface area contributed by atoms with Crippen LogP contribution < -0.4 is 5.32 Å². The van der Waals surface area contributed by atoms with Crippen LogP contribution in [0.1, 0.15) is 11.4 Å². The number of hydrogen-bond acceptors (Lipinski definition) is 3. The second kappa shape index (κ2) is 3.75. The molecule has 0 aliphatic heterocycles. The first-order chi connectivity index (χ1) is 6.81. The quantitative estimate of drug-likeness (QED) is 0.760. The van der Waals surface area contributed by atoms with Gasteiger partial charge in [0.25, 0.3) is 0 Å². The fourth-order valence-electron chi connectivity index (χ4n) is 1.55. The molecule has 4 heteroatoms. The summed E-state index contributed by atoms with van der Waals surface area (Å²) in [6.07, 6.45) is 2.81. The molecule has 14 heavy (non-hydrogen) atoms. The first kappa shape index (κ1) is 9.15. The monoisotopic (exact) mass is 190 g/mol. The predicted molar refractivity (Wildman–Crippen MR) is 56.3 cm³/mol. The van der Waals surface area contributed by atoms with Gasteiger partial charge in [0.1, 0.15) is 5.82 Å². The Hall–Kier alpha value is -1.42. The van der Waals surface area contributed by atoms with E-state index in [1.807, 2.05) is 26.2 Å². The van der Waals surface area contributed by atoms with Gasteiger partial charge in [-0.15, -0.1) is 0 Å². The van der Waals surface area contributed by atoms with E-state index in [9.17, 15) is 0 Å². The van der Waals surface area contributed by atoms with Crippen LogP contribution in [0.2, 0.25) is 0 Å². The lowest BCUT2D eigenvalue weighted by molar-refractivity contribution is 0.793. The molecule has 0 fully saturated rings. The van der Waals surface area contributed by atoms with Crippen molar-refractivity contribution in [2.45, 2.75) is 13.3 Å². The highest BCUT2D eigenvalue weighted by molar-refractivity contribution is 5.74. The second-order valence-electron chi connectivity index (χ2n) is 3.34. The SMILES string of the molecule is CNCCc1ccnc2nc(C)[nH]c12. The summed E-state index contributed by atoms with van der Waals surface area (Å²) in [5.74, 6) is 0.921. The van der Waals surface area contributed by atoms with Crippen LogP contribution in [-0.4, -0.2) is 28.5 Å². The number of rotatable bonds is 3. The number of H-pyrrole nitrogens is 1. The standard InChI is InChI=1S/C10H14N4/c1-7-13-9-8(3-5-11-2)4-6-12-10(9)14-7/h4,6,11H,3,5H2,1-2H3,(H,12,13,14). The van der Waals surface area contributed by atoms with Crippen molar-refractivity contribution in [3.63, 3.8) is 0 Å². The number of likely N-dealkylation sites (N-methyl/N-ethyl adjacent to an activating group) is 1. The van der Waals surface area contributed by atoms with Crippen molar-refractivity contribution in [1.29, 1.82) is 0 Å². The van der Waals surface area contributed by atoms with Crippen molar-refractivity contribution in [1.82, 2.24) is 20.3 Å². The third-order valence-corrected chi connectivity index (χ3v) is 2.24. The van der Waals surface area contributed by atoms with E-state index in [-0.39, 0.29) is 0 Å². The summed E-state index contributed by atoms with van der Waals surface area (Å²) in [5.41, 5.74) is 3.15. The zero-order chi connectivity index (χ0) is 9.97. The van der Waals surface area contributed by atoms with Crippen molar-refractivity contribution in [2.75, 3.05) is 13.6 Å². The molecule has 0 saturated heterocycles. The van der Waals surface area contributed by atoms with Crippen molar-refractivity contribution in [3.8, 4) is 0 Å². The number of fused-ring (bicyclic) bond motifs is 1. The molecule has 4 nitrogen and oxygen atoms in total. The van der Waals surface area contributed by atoms with Gasteiger partial charge in [-0.25, -0.2) is 9.97 Å². The third-order valence-electron chi connectivity index (χ3n) is 2.24. The molecule has 0 bridgehead atoms. The summed E-state index contributed by atoms with van der Waals surface area (Å²) in [7, 11) is 1.95. The lowest BCUT2D eigenvalue weighted by Crippen LogP contribution is -2.10. The summed E-state index contributed by atoms with van der Waals surface area (Å²) in [4.78, 5) is 11.7. The highest BCUT2D eigenvalue weighted by Crippen LogP contribution is 2.13. The lowest BCUT2D eigenvalue weighted by atomic mass is 10.2. The number of pyridine rings is 1. The fourth-order valence-corrected chi connectivity index (χ4v) is 1.55. The van der Waals surface area contributed by atoms with Gasteiger partial charge in [-0.1, -0.05) is 0 Å². The van der Waals surface area contributed by atoms with Gasteiger partial charge in [0, 0.05) is 6.20 Å². The first-order valence-corrected chi connectivity index (χ1v) is 4.76. The molecule has 0 saturated carbocycles. The highest BCUT2D eigenvalue weighted by atomic mass is 15.0. The first-order valence-electron chi connectivity index (χ1n) is 4.76. The molecule has 0 aliphatic carbocycles. The molecule has 2 N–H and O–H groups in total. The normalized spacial score (nSPS) is 11.0. The molecule has 0 amide bonds. The highest BCUT2D eigenvalue weighted by Gasteiger charge is 2.04. The maximum atomic E-state index is 4.29. The molecule has 2 aromatic heterocycles. The molecule has 2 aromatic rings. The van der Waals surface area contributed by atoms with E-state index in [0.29, 0.717) is 0 Å². The van der Waals surface area contributed by atoms with Crippen LogP contribution in [-0.2, 0) is 6.42 Å². The van der Waals surface area contributed by atoms with Gasteiger partial charge in [0.15, 0.2) is 5.65 Å². The molecule has 0 aromatic carbocycles. The maximum Gasteiger partial charge on any atom is 0.177 e. The lowest BCUT2D eigenvalue weighted by Gasteiger charge is -2.00. The van der Waals surface area contributed by atoms with Crippen molar-refractivity contribution in [3.05, 3.63) is 23.7 Å². The molecule has 2 rings (SSSR count). The average molecular weight is 190 g/mol. The predicted octanol–water partition coefficient (Wildman–Crippen LogP) is 1.03. The number of aromatic nitrogens is 3. The van der Waals surface area contributed by atoms with Gasteiger partial charge >= 0.3 is 0 Å². The Kier molecular flexibility index (Phi) is 2.45. The van der Waals surface area contributed by atoms with E-state index in [4.69, 9.17) is 0 Å². The van der Waals surface area contributed by atoms with E-state index < -0.39 is 0 Å². The van der Waals surface area contributed by atoms with E-state index in [2.05, 4.69) is 20.3 Å². The summed E-state index contributed by atoms with van der Waals surface area (Å²) >= 11 is 0. The van der Waals surface area contributed by atoms with Gasteiger partial charge in [0.05, 0.1) is 5.52 Å². The average Bonchev–Trinajstić information content (AvgIpc) is 2.55. The number of imidazole rings is 1. The van der Waals surface area contributed by atoms with Crippen LogP contribution in [0.25, 0.3) is 11.2 Å². The Bertz CT molecular complexity index is 433. The Morgan fingerprint density at radius 2 is 2.36 bits per heavy atom. The number of aryl methyl sites for hydroxylation is 1. The molecule has 0 radical (unpaired) electrons. The van der Waals surface area contributed by atoms with E-state index in [1.54, 1.807) is 0 Å². The summed E-state index contributed by atoms with van der Waals surface area (Å²) in [5, 5.41) is 3.13. The van der Waals surface area contributed by atoms with Crippen LogP contribution in [0, 0.1) is 6.92 Å². The fraction of sp³-hybridized carbons (Fsp3) is 0.400. The maximum absolute atomic E-state index is 4.29. The number of aromatic amines is 1. The van der Waals surface area contributed by atoms with Crippen molar-refractivity contribution in [2.24, 2.45) is 0 Å². The zero-order valence-electron chi connectivity index (χ0n) is 8.46. The van der Waals surface area contributed by atoms with Crippen LogP contribution in [0.15, 0.2) is 12.3 Å². The minimum atomic E-state index is 0.816. The van der Waals surface area contributed by atoms with Crippen molar-refractivity contribution >= 4 is 11.2 Å². The van der Waals surface area contributed by atoms with E-state index in [0.717, 1.165) is 30.0 Å². The Morgan fingerprint density at radius 3 is 3.14 bits per heavy atom. The zero-order valence-corrected chi connectivity index (χ0v) is 8.46. The Labute approximate surface area is 82.8 Å². The van der Waals surface area contributed by atoms with Gasteiger partial charge in [0.2, 0.25) is 0 Å². The Balaban J connectivity index is 2.42.